The highest BCUT2D eigenvalue weighted by Crippen LogP contribution is 2.06. The van der Waals surface area contributed by atoms with Crippen molar-refractivity contribution in [3.05, 3.63) is 18.0 Å². The fourth-order valence-corrected chi connectivity index (χ4v) is 1.43. The topological polar surface area (TPSA) is 108 Å². The third kappa shape index (κ3) is 3.20. The molecule has 17 heavy (non-hydrogen) atoms. The van der Waals surface area contributed by atoms with Crippen LogP contribution < -0.4 is 5.73 Å². The third-order valence-electron chi connectivity index (χ3n) is 2.53. The van der Waals surface area contributed by atoms with Crippen LogP contribution in [0.2, 0.25) is 0 Å². The Morgan fingerprint density at radius 1 is 1.76 bits per heavy atom. The van der Waals surface area contributed by atoms with Crippen molar-refractivity contribution in [3.63, 3.8) is 0 Å². The minimum Gasteiger partial charge on any atom is -0.409 e. The van der Waals surface area contributed by atoms with Crippen molar-refractivity contribution >= 4 is 11.7 Å². The molecule has 4 N–H and O–H groups in total. The molecule has 1 unspecified atom stereocenters. The van der Waals surface area contributed by atoms with Gasteiger partial charge in [0.2, 0.25) is 0 Å². The predicted molar refractivity (Wildman–Crippen MR) is 62.7 cm³/mol. The van der Waals surface area contributed by atoms with Crippen LogP contribution in [0.25, 0.3) is 0 Å². The van der Waals surface area contributed by atoms with Gasteiger partial charge in [0.25, 0.3) is 5.91 Å². The molecule has 7 nitrogen and oxygen atoms in total. The fraction of sp³-hybridized carbons (Fsp3) is 0.500. The molecule has 0 aliphatic carbocycles. The molecule has 0 saturated carbocycles. The molecule has 94 valence electrons. The number of amidine groups is 1. The van der Waals surface area contributed by atoms with Gasteiger partial charge in [-0.1, -0.05) is 12.1 Å². The average molecular weight is 239 g/mol. The van der Waals surface area contributed by atoms with Crippen molar-refractivity contribution in [2.45, 2.75) is 13.8 Å². The molecular weight excluding hydrogens is 222 g/mol. The van der Waals surface area contributed by atoms with Crippen molar-refractivity contribution < 1.29 is 10.0 Å². The second kappa shape index (κ2) is 5.88. The summed E-state index contributed by atoms with van der Waals surface area (Å²) in [6.45, 7) is 4.61. The van der Waals surface area contributed by atoms with Crippen molar-refractivity contribution in [1.82, 2.24) is 15.1 Å². The Labute approximate surface area is 99.3 Å². The number of nitrogens with two attached hydrogens (primary N) is 1. The number of H-pyrrole nitrogens is 1. The molecule has 0 aliphatic rings. The van der Waals surface area contributed by atoms with E-state index >= 15 is 0 Å². The second-order valence-corrected chi connectivity index (χ2v) is 3.76. The van der Waals surface area contributed by atoms with Crippen LogP contribution in [-0.4, -0.2) is 45.1 Å². The summed E-state index contributed by atoms with van der Waals surface area (Å²) in [6, 6.07) is 0. The molecule has 1 rings (SSSR count). The van der Waals surface area contributed by atoms with Gasteiger partial charge in [0.1, 0.15) is 5.84 Å². The first-order valence-electron chi connectivity index (χ1n) is 5.35. The second-order valence-electron chi connectivity index (χ2n) is 3.76. The zero-order chi connectivity index (χ0) is 12.8. The Hall–Kier alpha value is -2.05. The molecule has 0 saturated heterocycles. The maximum Gasteiger partial charge on any atom is 0.257 e. The monoisotopic (exact) mass is 239 g/mol. The normalized spacial score (nSPS) is 13.4. The quantitative estimate of drug-likeness (QED) is 0.296. The van der Waals surface area contributed by atoms with Gasteiger partial charge < -0.3 is 15.8 Å². The number of carbonyl (C=O) groups is 1. The lowest BCUT2D eigenvalue weighted by Crippen LogP contribution is -2.38. The summed E-state index contributed by atoms with van der Waals surface area (Å²) in [4.78, 5) is 13.6. The van der Waals surface area contributed by atoms with Gasteiger partial charge in [0.05, 0.1) is 11.8 Å². The van der Waals surface area contributed by atoms with Crippen molar-refractivity contribution in [3.8, 4) is 0 Å². The first-order chi connectivity index (χ1) is 8.10. The molecule has 0 radical (unpaired) electrons. The molecule has 7 heteroatoms. The predicted octanol–water partition coefficient (Wildman–Crippen LogP) is 0.254. The van der Waals surface area contributed by atoms with E-state index < -0.39 is 0 Å². The van der Waals surface area contributed by atoms with E-state index in [1.807, 2.05) is 6.92 Å². The number of nitrogens with one attached hydrogen (secondary N) is 1. The van der Waals surface area contributed by atoms with Crippen LogP contribution in [0.3, 0.4) is 0 Å². The molecule has 0 spiro atoms. The van der Waals surface area contributed by atoms with Crippen LogP contribution in [0, 0.1) is 5.92 Å². The number of hydrogen-bond acceptors (Lipinski definition) is 4. The van der Waals surface area contributed by atoms with Crippen LogP contribution in [0.15, 0.2) is 17.5 Å². The summed E-state index contributed by atoms with van der Waals surface area (Å²) in [5.41, 5.74) is 5.98. The minimum absolute atomic E-state index is 0.114. The van der Waals surface area contributed by atoms with E-state index in [1.54, 1.807) is 18.0 Å². The summed E-state index contributed by atoms with van der Waals surface area (Å²) in [6.07, 6.45) is 3.01. The molecule has 1 aromatic heterocycles. The van der Waals surface area contributed by atoms with Crippen molar-refractivity contribution in [1.29, 1.82) is 0 Å². The maximum atomic E-state index is 12.0. The van der Waals surface area contributed by atoms with Crippen LogP contribution in [-0.2, 0) is 0 Å². The van der Waals surface area contributed by atoms with E-state index in [2.05, 4.69) is 15.4 Å². The minimum atomic E-state index is -0.198. The summed E-state index contributed by atoms with van der Waals surface area (Å²) in [5.74, 6) is -0.210. The van der Waals surface area contributed by atoms with Gasteiger partial charge >= 0.3 is 0 Å². The van der Waals surface area contributed by atoms with Gasteiger partial charge in [-0.15, -0.1) is 0 Å². The Balaban J connectivity index is 2.69. The Bertz CT molecular complexity index is 387. The molecule has 0 aromatic carbocycles. The molecule has 1 atom stereocenters. The van der Waals surface area contributed by atoms with Gasteiger partial charge in [-0.25, -0.2) is 0 Å². The lowest BCUT2D eigenvalue weighted by molar-refractivity contribution is 0.0754. The number of hydrogen-bond donors (Lipinski definition) is 3. The summed E-state index contributed by atoms with van der Waals surface area (Å²) in [7, 11) is 0. The summed E-state index contributed by atoms with van der Waals surface area (Å²) >= 11 is 0. The molecule has 0 bridgehead atoms. The zero-order valence-electron chi connectivity index (χ0n) is 9.92. The Kier molecular flexibility index (Phi) is 4.50. The van der Waals surface area contributed by atoms with E-state index in [1.165, 1.54) is 6.20 Å². The van der Waals surface area contributed by atoms with Crippen LogP contribution in [0.4, 0.5) is 0 Å². The third-order valence-corrected chi connectivity index (χ3v) is 2.53. The van der Waals surface area contributed by atoms with E-state index in [9.17, 15) is 4.79 Å². The molecule has 0 fully saturated rings. The zero-order valence-corrected chi connectivity index (χ0v) is 9.92. The lowest BCUT2D eigenvalue weighted by Gasteiger charge is -2.23. The van der Waals surface area contributed by atoms with Gasteiger partial charge in [-0.05, 0) is 6.92 Å². The van der Waals surface area contributed by atoms with E-state index in [0.29, 0.717) is 18.7 Å². The molecule has 1 aromatic rings. The van der Waals surface area contributed by atoms with Crippen LogP contribution in [0.1, 0.15) is 24.2 Å². The molecule has 1 amide bonds. The number of oxime groups is 1. The molecule has 0 aliphatic heterocycles. The van der Waals surface area contributed by atoms with E-state index in [0.717, 1.165) is 0 Å². The number of amides is 1. The SMILES string of the molecule is CCN(CC(C)C(N)=NO)C(=O)c1cn[nH]c1. The number of aromatic amines is 1. The number of nitrogens with zero attached hydrogens (tertiary/aromatic N) is 3. The smallest absolute Gasteiger partial charge is 0.257 e. The standard InChI is InChI=1S/C10H17N5O2/c1-3-15(6-7(2)9(11)14-17)10(16)8-4-12-13-5-8/h4-5,7,17H,3,6H2,1-2H3,(H2,11,14)(H,12,13). The number of carbonyl (C=O) groups excluding carboxylic acids is 1. The first-order valence-corrected chi connectivity index (χ1v) is 5.35. The maximum absolute atomic E-state index is 12.0. The molecular formula is C10H17N5O2. The van der Waals surface area contributed by atoms with Gasteiger partial charge in [-0.3, -0.25) is 9.89 Å². The van der Waals surface area contributed by atoms with Gasteiger partial charge in [-0.2, -0.15) is 5.10 Å². The van der Waals surface area contributed by atoms with Crippen molar-refractivity contribution in [2.75, 3.05) is 13.1 Å². The van der Waals surface area contributed by atoms with Crippen molar-refractivity contribution in [2.24, 2.45) is 16.8 Å². The average Bonchev–Trinajstić information content (AvgIpc) is 2.87. The highest BCUT2D eigenvalue weighted by Gasteiger charge is 2.19. The van der Waals surface area contributed by atoms with E-state index in [4.69, 9.17) is 10.9 Å². The Morgan fingerprint density at radius 3 is 2.94 bits per heavy atom. The van der Waals surface area contributed by atoms with Gasteiger partial charge in [0, 0.05) is 25.2 Å². The fourth-order valence-electron chi connectivity index (χ4n) is 1.43. The van der Waals surface area contributed by atoms with E-state index in [-0.39, 0.29) is 17.7 Å². The van der Waals surface area contributed by atoms with Gasteiger partial charge in [0.15, 0.2) is 0 Å². The first kappa shape index (κ1) is 13.0. The summed E-state index contributed by atoms with van der Waals surface area (Å²) < 4.78 is 0. The lowest BCUT2D eigenvalue weighted by atomic mass is 10.1. The highest BCUT2D eigenvalue weighted by atomic mass is 16.4. The Morgan fingerprint density at radius 2 is 2.47 bits per heavy atom. The molecule has 1 heterocycles. The number of aromatic nitrogens is 2. The summed E-state index contributed by atoms with van der Waals surface area (Å²) in [5, 5.41) is 17.8. The van der Waals surface area contributed by atoms with Crippen LogP contribution in [0.5, 0.6) is 0 Å². The highest BCUT2D eigenvalue weighted by molar-refractivity contribution is 5.94. The number of rotatable bonds is 5. The largest absolute Gasteiger partial charge is 0.409 e. The van der Waals surface area contributed by atoms with Crippen LogP contribution >= 0.6 is 0 Å².